The summed E-state index contributed by atoms with van der Waals surface area (Å²) in [5, 5.41) is 13.4. The van der Waals surface area contributed by atoms with Crippen molar-refractivity contribution in [3.8, 4) is 0 Å². The van der Waals surface area contributed by atoms with Crippen LogP contribution in [0.2, 0.25) is 0 Å². The molecule has 0 atom stereocenters. The van der Waals surface area contributed by atoms with Crippen LogP contribution < -0.4 is 10.2 Å². The minimum Gasteiger partial charge on any atom is -0.390 e. The summed E-state index contributed by atoms with van der Waals surface area (Å²) in [5.41, 5.74) is 0.674. The molecule has 1 aliphatic heterocycles. The van der Waals surface area contributed by atoms with Crippen molar-refractivity contribution in [3.63, 3.8) is 0 Å². The Labute approximate surface area is 121 Å². The van der Waals surface area contributed by atoms with Crippen molar-refractivity contribution in [2.24, 2.45) is 0 Å². The van der Waals surface area contributed by atoms with Crippen LogP contribution in [0.1, 0.15) is 25.3 Å². The topological polar surface area (TPSA) is 57.6 Å². The molecule has 0 aliphatic carbocycles. The summed E-state index contributed by atoms with van der Waals surface area (Å²) in [7, 11) is 1.71. The van der Waals surface area contributed by atoms with Gasteiger partial charge in [0.2, 0.25) is 0 Å². The molecule has 1 aliphatic rings. The van der Waals surface area contributed by atoms with Gasteiger partial charge in [-0.2, -0.15) is 0 Å². The molecule has 5 nitrogen and oxygen atoms in total. The zero-order valence-corrected chi connectivity index (χ0v) is 12.4. The van der Waals surface area contributed by atoms with Crippen LogP contribution in [0.5, 0.6) is 0 Å². The molecule has 0 unspecified atom stereocenters. The summed E-state index contributed by atoms with van der Waals surface area (Å²) < 4.78 is 5.03. The zero-order valence-electron chi connectivity index (χ0n) is 12.4. The Balaban J connectivity index is 1.97. The monoisotopic (exact) mass is 279 g/mol. The average molecular weight is 279 g/mol. The van der Waals surface area contributed by atoms with Gasteiger partial charge in [-0.25, -0.2) is 4.98 Å². The third kappa shape index (κ3) is 4.16. The van der Waals surface area contributed by atoms with Gasteiger partial charge in [-0.3, -0.25) is 0 Å². The second-order valence-corrected chi connectivity index (χ2v) is 5.64. The van der Waals surface area contributed by atoms with E-state index < -0.39 is 5.60 Å². The van der Waals surface area contributed by atoms with Crippen molar-refractivity contribution >= 4 is 5.82 Å². The van der Waals surface area contributed by atoms with Gasteiger partial charge in [-0.05, 0) is 25.8 Å². The predicted molar refractivity (Wildman–Crippen MR) is 79.9 cm³/mol. The Morgan fingerprint density at radius 1 is 1.45 bits per heavy atom. The van der Waals surface area contributed by atoms with E-state index >= 15 is 0 Å². The van der Waals surface area contributed by atoms with E-state index in [0.29, 0.717) is 6.61 Å². The number of pyridine rings is 1. The van der Waals surface area contributed by atoms with Crippen LogP contribution in [0.15, 0.2) is 18.3 Å². The molecule has 0 radical (unpaired) electrons. The molecule has 112 valence electrons. The highest BCUT2D eigenvalue weighted by Gasteiger charge is 2.28. The number of piperidine rings is 1. The van der Waals surface area contributed by atoms with Crippen LogP contribution >= 0.6 is 0 Å². The van der Waals surface area contributed by atoms with Gasteiger partial charge in [0, 0.05) is 45.0 Å². The normalized spacial score (nSPS) is 18.2. The van der Waals surface area contributed by atoms with E-state index in [2.05, 4.69) is 21.3 Å². The second-order valence-electron chi connectivity index (χ2n) is 5.64. The lowest BCUT2D eigenvalue weighted by Gasteiger charge is -2.37. The third-order valence-corrected chi connectivity index (χ3v) is 3.81. The standard InChI is InChI=1S/C15H25N3O2/c1-15(19)5-9-18(10-6-15)14-13(4-3-7-17-14)12-16-8-11-20-2/h3-4,7,16,19H,5-6,8-12H2,1-2H3. The second kappa shape index (κ2) is 7.02. The quantitative estimate of drug-likeness (QED) is 0.766. The molecule has 5 heteroatoms. The van der Waals surface area contributed by atoms with E-state index in [1.54, 1.807) is 7.11 Å². The molecule has 1 saturated heterocycles. The third-order valence-electron chi connectivity index (χ3n) is 3.81. The van der Waals surface area contributed by atoms with Crippen LogP contribution in [0, 0.1) is 0 Å². The van der Waals surface area contributed by atoms with E-state index in [0.717, 1.165) is 44.8 Å². The minimum atomic E-state index is -0.526. The van der Waals surface area contributed by atoms with Gasteiger partial charge >= 0.3 is 0 Å². The van der Waals surface area contributed by atoms with Crippen LogP contribution in [0.4, 0.5) is 5.82 Å². The number of nitrogens with one attached hydrogen (secondary N) is 1. The Hall–Kier alpha value is -1.17. The van der Waals surface area contributed by atoms with Crippen molar-refractivity contribution in [2.75, 3.05) is 38.3 Å². The Morgan fingerprint density at radius 2 is 2.20 bits per heavy atom. The number of ether oxygens (including phenoxy) is 1. The first-order valence-electron chi connectivity index (χ1n) is 7.23. The van der Waals surface area contributed by atoms with Gasteiger partial charge in [0.05, 0.1) is 12.2 Å². The van der Waals surface area contributed by atoms with Crippen molar-refractivity contribution < 1.29 is 9.84 Å². The molecule has 0 bridgehead atoms. The number of methoxy groups -OCH3 is 1. The number of aliphatic hydroxyl groups is 1. The van der Waals surface area contributed by atoms with Crippen LogP contribution in [-0.4, -0.2) is 49.0 Å². The fraction of sp³-hybridized carbons (Fsp3) is 0.667. The van der Waals surface area contributed by atoms with Gasteiger partial charge in [0.1, 0.15) is 5.82 Å². The first-order chi connectivity index (χ1) is 9.62. The molecule has 0 saturated carbocycles. The number of anilines is 1. The number of nitrogens with zero attached hydrogens (tertiary/aromatic N) is 2. The largest absolute Gasteiger partial charge is 0.390 e. The summed E-state index contributed by atoms with van der Waals surface area (Å²) in [6.45, 7) is 5.96. The fourth-order valence-corrected chi connectivity index (χ4v) is 2.45. The highest BCUT2D eigenvalue weighted by Crippen LogP contribution is 2.26. The number of hydrogen-bond acceptors (Lipinski definition) is 5. The lowest BCUT2D eigenvalue weighted by molar-refractivity contribution is 0.0350. The number of aromatic nitrogens is 1. The molecule has 20 heavy (non-hydrogen) atoms. The number of rotatable bonds is 6. The molecule has 0 amide bonds. The molecule has 0 spiro atoms. The summed E-state index contributed by atoms with van der Waals surface area (Å²) in [6.07, 6.45) is 3.42. The van der Waals surface area contributed by atoms with Gasteiger partial charge < -0.3 is 20.1 Å². The Bertz CT molecular complexity index is 413. The molecular weight excluding hydrogens is 254 g/mol. The lowest BCUT2D eigenvalue weighted by atomic mass is 9.93. The first kappa shape index (κ1) is 15.2. The van der Waals surface area contributed by atoms with Crippen LogP contribution in [0.3, 0.4) is 0 Å². The first-order valence-corrected chi connectivity index (χ1v) is 7.23. The van der Waals surface area contributed by atoms with Crippen molar-refractivity contribution in [2.45, 2.75) is 31.9 Å². The van der Waals surface area contributed by atoms with E-state index in [-0.39, 0.29) is 0 Å². The van der Waals surface area contributed by atoms with Crippen molar-refractivity contribution in [3.05, 3.63) is 23.9 Å². The maximum atomic E-state index is 10.0. The molecule has 0 aromatic carbocycles. The fourth-order valence-electron chi connectivity index (χ4n) is 2.45. The molecule has 1 fully saturated rings. The molecule has 1 aromatic heterocycles. The molecule has 1 aromatic rings. The highest BCUT2D eigenvalue weighted by molar-refractivity contribution is 5.47. The molecule has 2 heterocycles. The lowest BCUT2D eigenvalue weighted by Crippen LogP contribution is -2.43. The van der Waals surface area contributed by atoms with E-state index in [1.807, 2.05) is 19.2 Å². The summed E-state index contributed by atoms with van der Waals surface area (Å²) >= 11 is 0. The van der Waals surface area contributed by atoms with E-state index in [9.17, 15) is 5.11 Å². The van der Waals surface area contributed by atoms with Gasteiger partial charge in [-0.15, -0.1) is 0 Å². The Kier molecular flexibility index (Phi) is 5.34. The summed E-state index contributed by atoms with van der Waals surface area (Å²) in [5.74, 6) is 1.04. The SMILES string of the molecule is COCCNCc1cccnc1N1CCC(C)(O)CC1. The van der Waals surface area contributed by atoms with Crippen LogP contribution in [-0.2, 0) is 11.3 Å². The summed E-state index contributed by atoms with van der Waals surface area (Å²) in [6, 6.07) is 4.08. The smallest absolute Gasteiger partial charge is 0.133 e. The van der Waals surface area contributed by atoms with E-state index in [1.165, 1.54) is 5.56 Å². The van der Waals surface area contributed by atoms with Crippen molar-refractivity contribution in [1.82, 2.24) is 10.3 Å². The predicted octanol–water partition coefficient (Wildman–Crippen LogP) is 1.17. The van der Waals surface area contributed by atoms with Gasteiger partial charge in [0.15, 0.2) is 0 Å². The number of hydrogen-bond donors (Lipinski definition) is 2. The summed E-state index contributed by atoms with van der Waals surface area (Å²) in [4.78, 5) is 6.79. The van der Waals surface area contributed by atoms with E-state index in [4.69, 9.17) is 4.74 Å². The van der Waals surface area contributed by atoms with Gasteiger partial charge in [0.25, 0.3) is 0 Å². The van der Waals surface area contributed by atoms with Gasteiger partial charge in [-0.1, -0.05) is 6.07 Å². The molecule has 2 rings (SSSR count). The van der Waals surface area contributed by atoms with Crippen LogP contribution in [0.25, 0.3) is 0 Å². The maximum absolute atomic E-state index is 10.0. The Morgan fingerprint density at radius 3 is 2.90 bits per heavy atom. The molecular formula is C15H25N3O2. The maximum Gasteiger partial charge on any atom is 0.133 e. The average Bonchev–Trinajstić information content (AvgIpc) is 2.44. The van der Waals surface area contributed by atoms with Crippen molar-refractivity contribution in [1.29, 1.82) is 0 Å². The molecule has 2 N–H and O–H groups in total. The minimum absolute atomic E-state index is 0.526. The highest BCUT2D eigenvalue weighted by atomic mass is 16.5. The zero-order chi connectivity index (χ0) is 14.4.